The number of thioether (sulfide) groups is 1. The minimum atomic E-state index is -0.455. The summed E-state index contributed by atoms with van der Waals surface area (Å²) in [7, 11) is 0. The Morgan fingerprint density at radius 1 is 0.897 bits per heavy atom. The highest BCUT2D eigenvalue weighted by Gasteiger charge is 2.16. The van der Waals surface area contributed by atoms with E-state index in [2.05, 4.69) is 16.0 Å². The Morgan fingerprint density at radius 3 is 2.31 bits per heavy atom. The number of hydrogen-bond acceptors (Lipinski definition) is 3. The molecule has 0 spiro atoms. The van der Waals surface area contributed by atoms with Gasteiger partial charge in [-0.2, -0.15) is 0 Å². The van der Waals surface area contributed by atoms with E-state index in [0.717, 1.165) is 16.3 Å². The second-order valence-corrected chi connectivity index (χ2v) is 8.02. The summed E-state index contributed by atoms with van der Waals surface area (Å²) < 4.78 is 13.7. The van der Waals surface area contributed by atoms with Gasteiger partial charge in [-0.15, -0.1) is 11.8 Å². The molecule has 3 aromatic carbocycles. The molecule has 0 aliphatic rings. The molecule has 3 rings (SSSR count). The van der Waals surface area contributed by atoms with E-state index in [-0.39, 0.29) is 11.6 Å². The van der Waals surface area contributed by atoms with Gasteiger partial charge in [-0.3, -0.25) is 4.79 Å². The fourth-order valence-corrected chi connectivity index (χ4v) is 3.68. The minimum Gasteiger partial charge on any atom is -0.332 e. The van der Waals surface area contributed by atoms with Crippen molar-refractivity contribution in [2.45, 2.75) is 17.1 Å². The Labute approximate surface area is 178 Å². The molecule has 1 unspecified atom stereocenters. The van der Waals surface area contributed by atoms with Crippen molar-refractivity contribution in [2.24, 2.45) is 0 Å². The molecule has 0 aromatic heterocycles. The molecule has 0 aliphatic carbocycles. The molecule has 7 heteroatoms. The fraction of sp³-hybridized carbons (Fsp3) is 0.0909. The Bertz CT molecular complexity index is 998. The highest BCUT2D eigenvalue weighted by Crippen LogP contribution is 2.27. The molecule has 4 nitrogen and oxygen atoms in total. The highest BCUT2D eigenvalue weighted by molar-refractivity contribution is 8.00. The van der Waals surface area contributed by atoms with Crippen LogP contribution in [0, 0.1) is 5.82 Å². The van der Waals surface area contributed by atoms with E-state index < -0.39 is 11.1 Å². The highest BCUT2D eigenvalue weighted by atomic mass is 32.2. The fourth-order valence-electron chi connectivity index (χ4n) is 2.52. The van der Waals surface area contributed by atoms with Gasteiger partial charge in [0.2, 0.25) is 5.91 Å². The lowest BCUT2D eigenvalue weighted by Crippen LogP contribution is -2.23. The van der Waals surface area contributed by atoms with Crippen molar-refractivity contribution >= 4 is 52.1 Å². The van der Waals surface area contributed by atoms with Crippen LogP contribution in [0.5, 0.6) is 0 Å². The van der Waals surface area contributed by atoms with Crippen LogP contribution in [0.25, 0.3) is 0 Å². The van der Waals surface area contributed by atoms with Crippen molar-refractivity contribution in [1.29, 1.82) is 0 Å². The van der Waals surface area contributed by atoms with Crippen LogP contribution in [0.1, 0.15) is 6.92 Å². The first-order valence-corrected chi connectivity index (χ1v) is 10.3. The average Bonchev–Trinajstić information content (AvgIpc) is 2.70. The first-order chi connectivity index (χ1) is 14.0. The van der Waals surface area contributed by atoms with Gasteiger partial charge < -0.3 is 16.0 Å². The summed E-state index contributed by atoms with van der Waals surface area (Å²) in [5.74, 6) is -0.719. The number of anilines is 3. The predicted molar refractivity (Wildman–Crippen MR) is 123 cm³/mol. The summed E-state index contributed by atoms with van der Waals surface area (Å²) in [6, 6.07) is 23.4. The van der Waals surface area contributed by atoms with Gasteiger partial charge in [-0.25, -0.2) is 4.39 Å². The number of carbonyl (C=O) groups excluding carboxylic acids is 1. The van der Waals surface area contributed by atoms with Crippen molar-refractivity contribution in [1.82, 2.24) is 0 Å². The summed E-state index contributed by atoms with van der Waals surface area (Å²) in [6.07, 6.45) is 0. The number of rotatable bonds is 6. The van der Waals surface area contributed by atoms with Crippen LogP contribution >= 0.6 is 24.0 Å². The summed E-state index contributed by atoms with van der Waals surface area (Å²) in [5.41, 5.74) is 1.89. The third-order valence-electron chi connectivity index (χ3n) is 3.94. The number of benzene rings is 3. The molecule has 1 atom stereocenters. The molecule has 29 heavy (non-hydrogen) atoms. The van der Waals surface area contributed by atoms with Crippen molar-refractivity contribution in [3.63, 3.8) is 0 Å². The SMILES string of the molecule is CC(Sc1cccc(NC(=S)Nc2ccccc2)c1)C(=O)Nc1ccccc1F. The smallest absolute Gasteiger partial charge is 0.237 e. The standard InChI is InChI=1S/C22H20FN3OS2/c1-15(21(27)26-20-13-6-5-12-19(20)23)29-18-11-7-10-17(14-18)25-22(28)24-16-8-3-2-4-9-16/h2-15H,1H3,(H,26,27)(H2,24,25,28). The van der Waals surface area contributed by atoms with Gasteiger partial charge in [-0.05, 0) is 61.6 Å². The zero-order valence-electron chi connectivity index (χ0n) is 15.7. The Hall–Kier alpha value is -2.90. The van der Waals surface area contributed by atoms with Crippen LogP contribution in [0.4, 0.5) is 21.5 Å². The summed E-state index contributed by atoms with van der Waals surface area (Å²) in [4.78, 5) is 13.3. The maximum Gasteiger partial charge on any atom is 0.237 e. The van der Waals surface area contributed by atoms with Crippen molar-refractivity contribution in [2.75, 3.05) is 16.0 Å². The number of para-hydroxylation sites is 2. The quantitative estimate of drug-likeness (QED) is 0.347. The van der Waals surface area contributed by atoms with E-state index in [1.165, 1.54) is 23.9 Å². The molecule has 0 bridgehead atoms. The lowest BCUT2D eigenvalue weighted by Gasteiger charge is -2.14. The van der Waals surface area contributed by atoms with Crippen LogP contribution in [-0.4, -0.2) is 16.3 Å². The van der Waals surface area contributed by atoms with Crippen LogP contribution in [0.15, 0.2) is 83.8 Å². The van der Waals surface area contributed by atoms with Gasteiger partial charge in [0.1, 0.15) is 5.82 Å². The number of hydrogen-bond donors (Lipinski definition) is 3. The van der Waals surface area contributed by atoms with Crippen LogP contribution in [0.3, 0.4) is 0 Å². The third kappa shape index (κ3) is 6.30. The zero-order valence-corrected chi connectivity index (χ0v) is 17.3. The van der Waals surface area contributed by atoms with E-state index >= 15 is 0 Å². The molecule has 3 aromatic rings. The van der Waals surface area contributed by atoms with Gasteiger partial charge in [0.05, 0.1) is 10.9 Å². The topological polar surface area (TPSA) is 53.2 Å². The molecule has 0 heterocycles. The Balaban J connectivity index is 1.58. The lowest BCUT2D eigenvalue weighted by atomic mass is 10.3. The van der Waals surface area contributed by atoms with E-state index in [1.54, 1.807) is 19.1 Å². The van der Waals surface area contributed by atoms with Gasteiger partial charge >= 0.3 is 0 Å². The zero-order chi connectivity index (χ0) is 20.6. The number of thiocarbonyl (C=S) groups is 1. The average molecular weight is 426 g/mol. The molecule has 0 saturated carbocycles. The van der Waals surface area contributed by atoms with Crippen LogP contribution in [0.2, 0.25) is 0 Å². The van der Waals surface area contributed by atoms with Crippen molar-refractivity contribution < 1.29 is 9.18 Å². The monoisotopic (exact) mass is 425 g/mol. The Kier molecular flexibility index (Phi) is 7.21. The Morgan fingerprint density at radius 2 is 1.55 bits per heavy atom. The first-order valence-electron chi connectivity index (χ1n) is 8.96. The maximum absolute atomic E-state index is 13.7. The van der Waals surface area contributed by atoms with Crippen molar-refractivity contribution in [3.05, 3.63) is 84.7 Å². The first kappa shape index (κ1) is 20.8. The molecule has 0 radical (unpaired) electrons. The normalized spacial score (nSPS) is 11.4. The second-order valence-electron chi connectivity index (χ2n) is 6.20. The van der Waals surface area contributed by atoms with E-state index in [9.17, 15) is 9.18 Å². The van der Waals surface area contributed by atoms with E-state index in [0.29, 0.717) is 5.11 Å². The molecule has 148 valence electrons. The van der Waals surface area contributed by atoms with E-state index in [4.69, 9.17) is 12.2 Å². The van der Waals surface area contributed by atoms with E-state index in [1.807, 2.05) is 54.6 Å². The van der Waals surface area contributed by atoms with Gasteiger partial charge in [0.25, 0.3) is 0 Å². The van der Waals surface area contributed by atoms with Gasteiger partial charge in [0.15, 0.2) is 5.11 Å². The number of halogens is 1. The molecular formula is C22H20FN3OS2. The molecule has 1 amide bonds. The molecule has 0 aliphatic heterocycles. The number of nitrogens with one attached hydrogen (secondary N) is 3. The van der Waals surface area contributed by atoms with Gasteiger partial charge in [0, 0.05) is 16.3 Å². The number of amides is 1. The summed E-state index contributed by atoms with van der Waals surface area (Å²) in [6.45, 7) is 1.78. The molecule has 0 saturated heterocycles. The van der Waals surface area contributed by atoms with Crippen LogP contribution in [-0.2, 0) is 4.79 Å². The maximum atomic E-state index is 13.7. The van der Waals surface area contributed by atoms with Crippen molar-refractivity contribution in [3.8, 4) is 0 Å². The molecular weight excluding hydrogens is 405 g/mol. The summed E-state index contributed by atoms with van der Waals surface area (Å²) in [5, 5.41) is 8.95. The van der Waals surface area contributed by atoms with Crippen LogP contribution < -0.4 is 16.0 Å². The number of carbonyl (C=O) groups is 1. The summed E-state index contributed by atoms with van der Waals surface area (Å²) >= 11 is 6.73. The second kappa shape index (κ2) is 10.0. The molecule has 0 fully saturated rings. The van der Waals surface area contributed by atoms with Gasteiger partial charge in [-0.1, -0.05) is 36.4 Å². The minimum absolute atomic E-state index is 0.178. The third-order valence-corrected chi connectivity index (χ3v) is 5.24. The lowest BCUT2D eigenvalue weighted by molar-refractivity contribution is -0.115. The predicted octanol–water partition coefficient (Wildman–Crippen LogP) is 5.75. The largest absolute Gasteiger partial charge is 0.332 e. The molecule has 3 N–H and O–H groups in total.